The number of hydrogen-bond acceptors (Lipinski definition) is 3. The molecule has 0 saturated carbocycles. The van der Waals surface area contributed by atoms with E-state index in [0.29, 0.717) is 12.4 Å². The zero-order chi connectivity index (χ0) is 12.9. The van der Waals surface area contributed by atoms with Crippen LogP contribution in [0, 0.1) is 5.41 Å². The molecule has 0 amide bonds. The largest absolute Gasteiger partial charge is 0.494 e. The van der Waals surface area contributed by atoms with E-state index in [1.807, 2.05) is 39.8 Å². The lowest BCUT2D eigenvalue weighted by Gasteiger charge is -2.16. The van der Waals surface area contributed by atoms with E-state index in [1.165, 1.54) is 0 Å². The van der Waals surface area contributed by atoms with Crippen LogP contribution in [0.25, 0.3) is 0 Å². The Kier molecular flexibility index (Phi) is 4.55. The van der Waals surface area contributed by atoms with Gasteiger partial charge in [0.25, 0.3) is 0 Å². The maximum absolute atomic E-state index is 11.7. The molecule has 0 saturated heterocycles. The molecule has 0 fully saturated rings. The molecule has 3 nitrogen and oxygen atoms in total. The first-order valence-electron chi connectivity index (χ1n) is 5.82. The number of ketones is 1. The molecule has 0 aliphatic rings. The van der Waals surface area contributed by atoms with Gasteiger partial charge >= 0.3 is 0 Å². The third kappa shape index (κ3) is 4.47. The average molecular weight is 236 g/mol. The summed E-state index contributed by atoms with van der Waals surface area (Å²) in [5.74, 6) is 1.58. The van der Waals surface area contributed by atoms with Crippen molar-refractivity contribution in [1.82, 2.24) is 0 Å². The lowest BCUT2D eigenvalue weighted by Crippen LogP contribution is -2.26. The summed E-state index contributed by atoms with van der Waals surface area (Å²) in [5, 5.41) is 0. The van der Waals surface area contributed by atoms with Crippen molar-refractivity contribution in [2.75, 3.05) is 13.2 Å². The summed E-state index contributed by atoms with van der Waals surface area (Å²) in [4.78, 5) is 11.7. The molecule has 0 unspecified atom stereocenters. The molecule has 0 aliphatic carbocycles. The third-order valence-corrected chi connectivity index (χ3v) is 2.34. The van der Waals surface area contributed by atoms with Crippen LogP contribution in [0.3, 0.4) is 0 Å². The van der Waals surface area contributed by atoms with E-state index in [9.17, 15) is 4.79 Å². The van der Waals surface area contributed by atoms with E-state index >= 15 is 0 Å². The van der Waals surface area contributed by atoms with Crippen LogP contribution in [-0.4, -0.2) is 19.0 Å². The molecule has 0 heterocycles. The lowest BCUT2D eigenvalue weighted by atomic mass is 9.91. The number of ether oxygens (including phenoxy) is 2. The SMILES string of the molecule is CCOc1ccc(OCC(=O)C(C)(C)C)cc1. The first-order chi connectivity index (χ1) is 7.93. The van der Waals surface area contributed by atoms with Gasteiger partial charge in [-0.3, -0.25) is 4.79 Å². The highest BCUT2D eigenvalue weighted by Crippen LogP contribution is 2.19. The van der Waals surface area contributed by atoms with E-state index in [-0.39, 0.29) is 17.8 Å². The Morgan fingerprint density at radius 3 is 1.94 bits per heavy atom. The Labute approximate surface area is 103 Å². The Hall–Kier alpha value is -1.51. The maximum atomic E-state index is 11.7. The van der Waals surface area contributed by atoms with Crippen LogP contribution >= 0.6 is 0 Å². The molecule has 1 aromatic carbocycles. The van der Waals surface area contributed by atoms with Gasteiger partial charge in [0.1, 0.15) is 18.1 Å². The molecule has 0 N–H and O–H groups in total. The van der Waals surface area contributed by atoms with Crippen LogP contribution in [-0.2, 0) is 4.79 Å². The zero-order valence-electron chi connectivity index (χ0n) is 10.9. The summed E-state index contributed by atoms with van der Waals surface area (Å²) >= 11 is 0. The van der Waals surface area contributed by atoms with Gasteiger partial charge in [-0.1, -0.05) is 20.8 Å². The van der Waals surface area contributed by atoms with Crippen molar-refractivity contribution in [3.05, 3.63) is 24.3 Å². The van der Waals surface area contributed by atoms with Crippen molar-refractivity contribution < 1.29 is 14.3 Å². The second-order valence-corrected chi connectivity index (χ2v) is 4.87. The Morgan fingerprint density at radius 2 is 1.53 bits per heavy atom. The average Bonchev–Trinajstić information content (AvgIpc) is 2.27. The van der Waals surface area contributed by atoms with Crippen LogP contribution < -0.4 is 9.47 Å². The van der Waals surface area contributed by atoms with Crippen LogP contribution in [0.1, 0.15) is 27.7 Å². The summed E-state index contributed by atoms with van der Waals surface area (Å²) in [7, 11) is 0. The van der Waals surface area contributed by atoms with Gasteiger partial charge < -0.3 is 9.47 Å². The molecule has 0 aromatic heterocycles. The Balaban J connectivity index is 2.50. The standard InChI is InChI=1S/C14H20O3/c1-5-16-11-6-8-12(9-7-11)17-10-13(15)14(2,3)4/h6-9H,5,10H2,1-4H3. The van der Waals surface area contributed by atoms with E-state index in [0.717, 1.165) is 5.75 Å². The van der Waals surface area contributed by atoms with E-state index in [1.54, 1.807) is 12.1 Å². The van der Waals surface area contributed by atoms with Crippen molar-refractivity contribution >= 4 is 5.78 Å². The van der Waals surface area contributed by atoms with Crippen molar-refractivity contribution in [3.63, 3.8) is 0 Å². The number of carbonyl (C=O) groups is 1. The molecule has 0 aliphatic heterocycles. The van der Waals surface area contributed by atoms with Crippen LogP contribution in [0.2, 0.25) is 0 Å². The fourth-order valence-electron chi connectivity index (χ4n) is 1.16. The molecule has 0 atom stereocenters. The molecule has 17 heavy (non-hydrogen) atoms. The molecular weight excluding hydrogens is 216 g/mol. The van der Waals surface area contributed by atoms with Gasteiger partial charge in [0.2, 0.25) is 0 Å². The number of Topliss-reactive ketones (excluding diaryl/α,β-unsaturated/α-hetero) is 1. The summed E-state index contributed by atoms with van der Waals surface area (Å²) in [5.41, 5.74) is -0.356. The molecular formula is C14H20O3. The fraction of sp³-hybridized carbons (Fsp3) is 0.500. The first-order valence-corrected chi connectivity index (χ1v) is 5.82. The number of hydrogen-bond donors (Lipinski definition) is 0. The number of carbonyl (C=O) groups excluding carboxylic acids is 1. The predicted molar refractivity (Wildman–Crippen MR) is 67.6 cm³/mol. The second kappa shape index (κ2) is 5.71. The van der Waals surface area contributed by atoms with Gasteiger partial charge in [-0.25, -0.2) is 0 Å². The molecule has 0 radical (unpaired) electrons. The minimum Gasteiger partial charge on any atom is -0.494 e. The topological polar surface area (TPSA) is 35.5 Å². The minimum atomic E-state index is -0.356. The van der Waals surface area contributed by atoms with E-state index in [2.05, 4.69) is 0 Å². The van der Waals surface area contributed by atoms with Crippen molar-refractivity contribution in [2.24, 2.45) is 5.41 Å². The quantitative estimate of drug-likeness (QED) is 0.788. The van der Waals surface area contributed by atoms with Gasteiger partial charge in [0.05, 0.1) is 6.61 Å². The van der Waals surface area contributed by atoms with Gasteiger partial charge in [0, 0.05) is 5.41 Å². The summed E-state index contributed by atoms with van der Waals surface area (Å²) < 4.78 is 10.7. The molecule has 0 spiro atoms. The fourth-order valence-corrected chi connectivity index (χ4v) is 1.16. The Morgan fingerprint density at radius 1 is 1.06 bits per heavy atom. The van der Waals surface area contributed by atoms with Crippen molar-refractivity contribution in [3.8, 4) is 11.5 Å². The van der Waals surface area contributed by atoms with Crippen LogP contribution in [0.5, 0.6) is 11.5 Å². The predicted octanol–water partition coefficient (Wildman–Crippen LogP) is 3.08. The summed E-state index contributed by atoms with van der Waals surface area (Å²) in [6, 6.07) is 7.28. The van der Waals surface area contributed by atoms with Gasteiger partial charge in [-0.15, -0.1) is 0 Å². The third-order valence-electron chi connectivity index (χ3n) is 2.34. The highest BCUT2D eigenvalue weighted by Gasteiger charge is 2.21. The molecule has 0 bridgehead atoms. The van der Waals surface area contributed by atoms with Gasteiger partial charge in [-0.05, 0) is 31.2 Å². The minimum absolute atomic E-state index is 0.0892. The molecule has 3 heteroatoms. The normalized spacial score (nSPS) is 11.1. The highest BCUT2D eigenvalue weighted by atomic mass is 16.5. The van der Waals surface area contributed by atoms with Crippen LogP contribution in [0.4, 0.5) is 0 Å². The zero-order valence-corrected chi connectivity index (χ0v) is 10.9. The van der Waals surface area contributed by atoms with E-state index in [4.69, 9.17) is 9.47 Å². The highest BCUT2D eigenvalue weighted by molar-refractivity contribution is 5.85. The maximum Gasteiger partial charge on any atom is 0.175 e. The monoisotopic (exact) mass is 236 g/mol. The van der Waals surface area contributed by atoms with Gasteiger partial charge in [-0.2, -0.15) is 0 Å². The summed E-state index contributed by atoms with van der Waals surface area (Å²) in [6.45, 7) is 8.34. The van der Waals surface area contributed by atoms with E-state index < -0.39 is 0 Å². The molecule has 1 aromatic rings. The summed E-state index contributed by atoms with van der Waals surface area (Å²) in [6.07, 6.45) is 0. The first kappa shape index (κ1) is 13.6. The number of benzene rings is 1. The number of rotatable bonds is 5. The smallest absolute Gasteiger partial charge is 0.175 e. The molecule has 1 rings (SSSR count). The second-order valence-electron chi connectivity index (χ2n) is 4.87. The Bertz CT molecular complexity index is 360. The van der Waals surface area contributed by atoms with Gasteiger partial charge in [0.15, 0.2) is 5.78 Å². The van der Waals surface area contributed by atoms with Crippen molar-refractivity contribution in [1.29, 1.82) is 0 Å². The molecule has 94 valence electrons. The lowest BCUT2D eigenvalue weighted by molar-refractivity contribution is -0.128. The van der Waals surface area contributed by atoms with Crippen molar-refractivity contribution in [2.45, 2.75) is 27.7 Å². The van der Waals surface area contributed by atoms with Crippen LogP contribution in [0.15, 0.2) is 24.3 Å².